The van der Waals surface area contributed by atoms with E-state index in [1.54, 1.807) is 6.26 Å². The Bertz CT molecular complexity index is 345. The van der Waals surface area contributed by atoms with Crippen molar-refractivity contribution in [2.75, 3.05) is 32.8 Å². The largest absolute Gasteiger partial charge is 0.467 e. The van der Waals surface area contributed by atoms with Crippen LogP contribution in [0.4, 0.5) is 0 Å². The molecule has 1 aromatic heterocycles. The zero-order valence-electron chi connectivity index (χ0n) is 11.8. The highest BCUT2D eigenvalue weighted by atomic mass is 127. The number of rotatable bonds is 9. The number of aliphatic hydroxyl groups excluding tert-OH is 1. The summed E-state index contributed by atoms with van der Waals surface area (Å²) in [5.41, 5.74) is 0. The average Bonchev–Trinajstić information content (AvgIpc) is 2.93. The van der Waals surface area contributed by atoms with Crippen LogP contribution in [0.25, 0.3) is 0 Å². The van der Waals surface area contributed by atoms with Gasteiger partial charge in [0.15, 0.2) is 5.96 Å². The predicted molar refractivity (Wildman–Crippen MR) is 89.5 cm³/mol. The number of guanidine groups is 1. The van der Waals surface area contributed by atoms with Gasteiger partial charge in [0, 0.05) is 26.2 Å². The molecule has 0 aliphatic heterocycles. The Hall–Kier alpha value is -0.800. The summed E-state index contributed by atoms with van der Waals surface area (Å²) in [5, 5.41) is 14.9. The fourth-order valence-corrected chi connectivity index (χ4v) is 1.44. The Labute approximate surface area is 137 Å². The van der Waals surface area contributed by atoms with Crippen molar-refractivity contribution in [2.45, 2.75) is 20.0 Å². The standard InChI is InChI=1S/C13H23N3O3.HI/c1-2-14-13(16-7-8-17)15-6-4-9-18-11-12-5-3-10-19-12;/h3,5,10,17H,2,4,6-9,11H2,1H3,(H2,14,15,16);1H. The maximum atomic E-state index is 8.74. The second-order valence-electron chi connectivity index (χ2n) is 3.90. The van der Waals surface area contributed by atoms with Crippen LogP contribution in [0.2, 0.25) is 0 Å². The van der Waals surface area contributed by atoms with Crippen LogP contribution in [0.5, 0.6) is 0 Å². The third kappa shape index (κ3) is 9.16. The maximum Gasteiger partial charge on any atom is 0.191 e. The van der Waals surface area contributed by atoms with Crippen LogP contribution in [0, 0.1) is 0 Å². The molecule has 0 aliphatic carbocycles. The molecule has 1 rings (SSSR count). The molecule has 0 spiro atoms. The summed E-state index contributed by atoms with van der Waals surface area (Å²) >= 11 is 0. The van der Waals surface area contributed by atoms with E-state index in [4.69, 9.17) is 14.3 Å². The summed E-state index contributed by atoms with van der Waals surface area (Å²) in [6, 6.07) is 3.73. The molecule has 7 heteroatoms. The van der Waals surface area contributed by atoms with Crippen LogP contribution >= 0.6 is 24.0 Å². The Morgan fingerprint density at radius 1 is 1.45 bits per heavy atom. The third-order valence-corrected chi connectivity index (χ3v) is 2.29. The minimum atomic E-state index is 0. The number of ether oxygens (including phenoxy) is 1. The minimum absolute atomic E-state index is 0. The monoisotopic (exact) mass is 397 g/mol. The summed E-state index contributed by atoms with van der Waals surface area (Å²) < 4.78 is 10.6. The van der Waals surface area contributed by atoms with Crippen molar-refractivity contribution in [3.63, 3.8) is 0 Å². The van der Waals surface area contributed by atoms with Crippen molar-refractivity contribution in [2.24, 2.45) is 4.99 Å². The van der Waals surface area contributed by atoms with Crippen molar-refractivity contribution < 1.29 is 14.3 Å². The molecule has 0 aliphatic rings. The highest BCUT2D eigenvalue weighted by Crippen LogP contribution is 2.01. The van der Waals surface area contributed by atoms with E-state index in [1.807, 2.05) is 19.1 Å². The van der Waals surface area contributed by atoms with Gasteiger partial charge < -0.3 is 24.9 Å². The number of nitrogens with one attached hydrogen (secondary N) is 2. The Kier molecular flexibility index (Phi) is 12.7. The van der Waals surface area contributed by atoms with Crippen LogP contribution in [0.3, 0.4) is 0 Å². The van der Waals surface area contributed by atoms with E-state index in [1.165, 1.54) is 0 Å². The second-order valence-corrected chi connectivity index (χ2v) is 3.90. The number of aliphatic imine (C=N–C) groups is 1. The topological polar surface area (TPSA) is 79.0 Å². The molecule has 1 aromatic rings. The number of aliphatic hydroxyl groups is 1. The number of hydrogen-bond acceptors (Lipinski definition) is 4. The first-order chi connectivity index (χ1) is 9.36. The summed E-state index contributed by atoms with van der Waals surface area (Å²) in [5.74, 6) is 1.56. The summed E-state index contributed by atoms with van der Waals surface area (Å²) in [6.07, 6.45) is 2.48. The van der Waals surface area contributed by atoms with Gasteiger partial charge in [0.2, 0.25) is 0 Å². The van der Waals surface area contributed by atoms with E-state index >= 15 is 0 Å². The summed E-state index contributed by atoms with van der Waals surface area (Å²) in [6.45, 7) is 5.22. The van der Waals surface area contributed by atoms with Crippen molar-refractivity contribution in [1.29, 1.82) is 0 Å². The molecule has 0 fully saturated rings. The lowest BCUT2D eigenvalue weighted by Crippen LogP contribution is -2.38. The Morgan fingerprint density at radius 3 is 2.95 bits per heavy atom. The van der Waals surface area contributed by atoms with Gasteiger partial charge in [-0.2, -0.15) is 0 Å². The molecular weight excluding hydrogens is 373 g/mol. The Balaban J connectivity index is 0.00000361. The number of halogens is 1. The molecular formula is C13H24IN3O3. The van der Waals surface area contributed by atoms with Gasteiger partial charge in [-0.3, -0.25) is 4.99 Å². The second kappa shape index (κ2) is 13.2. The van der Waals surface area contributed by atoms with E-state index in [-0.39, 0.29) is 30.6 Å². The molecule has 0 bridgehead atoms. The number of nitrogens with zero attached hydrogens (tertiary/aromatic N) is 1. The Morgan fingerprint density at radius 2 is 2.30 bits per heavy atom. The van der Waals surface area contributed by atoms with Gasteiger partial charge in [-0.25, -0.2) is 0 Å². The lowest BCUT2D eigenvalue weighted by Gasteiger charge is -2.09. The maximum absolute atomic E-state index is 8.74. The van der Waals surface area contributed by atoms with Crippen molar-refractivity contribution in [3.8, 4) is 0 Å². The van der Waals surface area contributed by atoms with E-state index < -0.39 is 0 Å². The first-order valence-corrected chi connectivity index (χ1v) is 6.60. The average molecular weight is 397 g/mol. The zero-order valence-corrected chi connectivity index (χ0v) is 14.1. The van der Waals surface area contributed by atoms with Gasteiger partial charge in [0.05, 0.1) is 12.9 Å². The zero-order chi connectivity index (χ0) is 13.8. The molecule has 0 saturated heterocycles. The van der Waals surface area contributed by atoms with Gasteiger partial charge >= 0.3 is 0 Å². The molecule has 6 nitrogen and oxygen atoms in total. The molecule has 0 radical (unpaired) electrons. The summed E-state index contributed by atoms with van der Waals surface area (Å²) in [4.78, 5) is 4.37. The highest BCUT2D eigenvalue weighted by Gasteiger charge is 1.97. The van der Waals surface area contributed by atoms with E-state index in [0.717, 1.165) is 24.7 Å². The van der Waals surface area contributed by atoms with Gasteiger partial charge in [0.25, 0.3) is 0 Å². The fourth-order valence-electron chi connectivity index (χ4n) is 1.44. The molecule has 0 amide bonds. The van der Waals surface area contributed by atoms with Gasteiger partial charge in [-0.05, 0) is 25.5 Å². The first-order valence-electron chi connectivity index (χ1n) is 6.60. The van der Waals surface area contributed by atoms with Crippen LogP contribution in [-0.4, -0.2) is 43.9 Å². The smallest absolute Gasteiger partial charge is 0.191 e. The molecule has 0 unspecified atom stereocenters. The molecule has 1 heterocycles. The molecule has 0 aromatic carbocycles. The van der Waals surface area contributed by atoms with E-state index in [0.29, 0.717) is 26.3 Å². The third-order valence-electron chi connectivity index (χ3n) is 2.29. The van der Waals surface area contributed by atoms with E-state index in [2.05, 4.69) is 15.6 Å². The molecule has 116 valence electrons. The molecule has 20 heavy (non-hydrogen) atoms. The number of furan rings is 1. The number of hydrogen-bond donors (Lipinski definition) is 3. The van der Waals surface area contributed by atoms with Crippen LogP contribution in [-0.2, 0) is 11.3 Å². The van der Waals surface area contributed by atoms with Gasteiger partial charge in [-0.15, -0.1) is 24.0 Å². The highest BCUT2D eigenvalue weighted by molar-refractivity contribution is 14.0. The predicted octanol–water partition coefficient (Wildman–Crippen LogP) is 1.35. The van der Waals surface area contributed by atoms with Gasteiger partial charge in [0.1, 0.15) is 12.4 Å². The van der Waals surface area contributed by atoms with Gasteiger partial charge in [-0.1, -0.05) is 0 Å². The fraction of sp³-hybridized carbons (Fsp3) is 0.615. The van der Waals surface area contributed by atoms with Crippen molar-refractivity contribution in [3.05, 3.63) is 24.2 Å². The lowest BCUT2D eigenvalue weighted by atomic mass is 10.4. The van der Waals surface area contributed by atoms with Crippen LogP contribution in [0.15, 0.2) is 27.8 Å². The molecule has 0 atom stereocenters. The molecule has 3 N–H and O–H groups in total. The van der Waals surface area contributed by atoms with Crippen LogP contribution < -0.4 is 10.6 Å². The normalized spacial score (nSPS) is 11.0. The van der Waals surface area contributed by atoms with E-state index in [9.17, 15) is 0 Å². The first kappa shape index (κ1) is 19.2. The lowest BCUT2D eigenvalue weighted by molar-refractivity contribution is 0.105. The van der Waals surface area contributed by atoms with Crippen molar-refractivity contribution >= 4 is 29.9 Å². The minimum Gasteiger partial charge on any atom is -0.467 e. The SMILES string of the molecule is CCNC(=NCCCOCc1ccco1)NCCO.I. The quantitative estimate of drug-likeness (QED) is 0.254. The molecule has 0 saturated carbocycles. The summed E-state index contributed by atoms with van der Waals surface area (Å²) in [7, 11) is 0. The van der Waals surface area contributed by atoms with Crippen molar-refractivity contribution in [1.82, 2.24) is 10.6 Å². The van der Waals surface area contributed by atoms with Crippen LogP contribution in [0.1, 0.15) is 19.1 Å².